The number of imidazole rings is 1. The van der Waals surface area contributed by atoms with Crippen molar-refractivity contribution in [3.8, 4) is 5.69 Å². The van der Waals surface area contributed by atoms with E-state index in [2.05, 4.69) is 20.8 Å². The monoisotopic (exact) mass is 343 g/mol. The van der Waals surface area contributed by atoms with Crippen molar-refractivity contribution in [2.45, 2.75) is 26.9 Å². The van der Waals surface area contributed by atoms with Crippen molar-refractivity contribution < 1.29 is 13.7 Å². The maximum Gasteiger partial charge on any atom is 0.315 e. The fourth-order valence-electron chi connectivity index (χ4n) is 2.44. The minimum atomic E-state index is -0.381. The Labute approximate surface area is 143 Å². The Morgan fingerprint density at radius 3 is 2.72 bits per heavy atom. The normalized spacial score (nSPS) is 10.7. The number of halogens is 1. The van der Waals surface area contributed by atoms with Crippen LogP contribution in [0.25, 0.3) is 5.69 Å². The largest absolute Gasteiger partial charge is 0.361 e. The van der Waals surface area contributed by atoms with Crippen molar-refractivity contribution in [2.24, 2.45) is 0 Å². The first-order valence-electron chi connectivity index (χ1n) is 7.75. The molecule has 0 saturated carbocycles. The van der Waals surface area contributed by atoms with Crippen LogP contribution < -0.4 is 10.6 Å². The molecular formula is C17H18FN5O2. The Morgan fingerprint density at radius 1 is 1.28 bits per heavy atom. The second-order valence-corrected chi connectivity index (χ2v) is 5.59. The minimum absolute atomic E-state index is 0.217. The summed E-state index contributed by atoms with van der Waals surface area (Å²) in [6.45, 7) is 4.14. The predicted octanol–water partition coefficient (Wildman–Crippen LogP) is 2.62. The van der Waals surface area contributed by atoms with Gasteiger partial charge in [-0.05, 0) is 31.5 Å². The van der Waals surface area contributed by atoms with Gasteiger partial charge in [-0.3, -0.25) is 0 Å². The lowest BCUT2D eigenvalue weighted by Gasteiger charge is -2.09. The van der Waals surface area contributed by atoms with Crippen LogP contribution in [0.5, 0.6) is 0 Å². The highest BCUT2D eigenvalue weighted by atomic mass is 19.1. The smallest absolute Gasteiger partial charge is 0.315 e. The summed E-state index contributed by atoms with van der Waals surface area (Å²) in [6, 6.07) is 4.45. The van der Waals surface area contributed by atoms with E-state index in [0.29, 0.717) is 23.6 Å². The minimum Gasteiger partial charge on any atom is -0.361 e. The fourth-order valence-corrected chi connectivity index (χ4v) is 2.44. The van der Waals surface area contributed by atoms with Gasteiger partial charge in [0.1, 0.15) is 11.6 Å². The number of hydrogen-bond donors (Lipinski definition) is 2. The first-order chi connectivity index (χ1) is 12.0. The highest BCUT2D eigenvalue weighted by Crippen LogP contribution is 2.15. The quantitative estimate of drug-likeness (QED) is 0.746. The van der Waals surface area contributed by atoms with Crippen LogP contribution in [0, 0.1) is 19.7 Å². The van der Waals surface area contributed by atoms with E-state index in [-0.39, 0.29) is 18.4 Å². The number of hydrogen-bond acceptors (Lipinski definition) is 4. The van der Waals surface area contributed by atoms with Gasteiger partial charge in [0, 0.05) is 31.0 Å². The van der Waals surface area contributed by atoms with E-state index in [4.69, 9.17) is 4.52 Å². The molecule has 3 aromatic rings. The molecule has 0 radical (unpaired) electrons. The van der Waals surface area contributed by atoms with E-state index in [1.807, 2.05) is 6.92 Å². The number of aryl methyl sites for hydroxylation is 2. The Morgan fingerprint density at radius 2 is 2.08 bits per heavy atom. The number of carbonyl (C=O) groups is 1. The number of benzene rings is 1. The number of carbonyl (C=O) groups excluding carboxylic acids is 1. The van der Waals surface area contributed by atoms with Gasteiger partial charge in [-0.15, -0.1) is 0 Å². The molecule has 3 rings (SSSR count). The van der Waals surface area contributed by atoms with E-state index in [9.17, 15) is 9.18 Å². The molecule has 0 saturated heterocycles. The Kier molecular flexibility index (Phi) is 4.78. The zero-order valence-electron chi connectivity index (χ0n) is 13.9. The highest BCUT2D eigenvalue weighted by molar-refractivity contribution is 5.73. The molecule has 2 aromatic heterocycles. The van der Waals surface area contributed by atoms with Gasteiger partial charge >= 0.3 is 6.03 Å². The van der Waals surface area contributed by atoms with Crippen molar-refractivity contribution in [3.05, 3.63) is 65.3 Å². The highest BCUT2D eigenvalue weighted by Gasteiger charge is 2.10. The number of nitrogens with one attached hydrogen (secondary N) is 2. The molecule has 0 aliphatic heterocycles. The van der Waals surface area contributed by atoms with E-state index in [0.717, 1.165) is 11.3 Å². The average molecular weight is 343 g/mol. The molecule has 1 aromatic carbocycles. The van der Waals surface area contributed by atoms with Gasteiger partial charge in [0.15, 0.2) is 0 Å². The third-order valence-electron chi connectivity index (χ3n) is 3.85. The van der Waals surface area contributed by atoms with E-state index >= 15 is 0 Å². The molecule has 0 bridgehead atoms. The van der Waals surface area contributed by atoms with Gasteiger partial charge < -0.3 is 19.7 Å². The lowest BCUT2D eigenvalue weighted by Crippen LogP contribution is -2.34. The lowest BCUT2D eigenvalue weighted by atomic mass is 10.2. The molecule has 0 spiro atoms. The maximum absolute atomic E-state index is 14.2. The first kappa shape index (κ1) is 16.7. The Balaban J connectivity index is 1.55. The van der Waals surface area contributed by atoms with Crippen LogP contribution in [0.2, 0.25) is 0 Å². The summed E-state index contributed by atoms with van der Waals surface area (Å²) in [6.07, 6.45) is 4.77. The van der Waals surface area contributed by atoms with Crippen LogP contribution in [-0.2, 0) is 13.1 Å². The first-order valence-corrected chi connectivity index (χ1v) is 7.75. The van der Waals surface area contributed by atoms with Crippen LogP contribution in [0.1, 0.15) is 22.6 Å². The molecule has 0 unspecified atom stereocenters. The summed E-state index contributed by atoms with van der Waals surface area (Å²) in [5.41, 5.74) is 2.67. The van der Waals surface area contributed by atoms with Crippen molar-refractivity contribution in [1.82, 2.24) is 25.3 Å². The van der Waals surface area contributed by atoms with Crippen molar-refractivity contribution >= 4 is 6.03 Å². The Bertz CT molecular complexity index is 854. The van der Waals surface area contributed by atoms with Crippen LogP contribution in [0.15, 0.2) is 41.4 Å². The Hall–Kier alpha value is -3.16. The molecular weight excluding hydrogens is 325 g/mol. The molecule has 0 fully saturated rings. The number of amides is 2. The van der Waals surface area contributed by atoms with Crippen molar-refractivity contribution in [1.29, 1.82) is 0 Å². The average Bonchev–Trinajstić information content (AvgIpc) is 3.22. The van der Waals surface area contributed by atoms with Gasteiger partial charge in [-0.25, -0.2) is 14.2 Å². The van der Waals surface area contributed by atoms with Gasteiger partial charge in [-0.1, -0.05) is 11.2 Å². The lowest BCUT2D eigenvalue weighted by molar-refractivity contribution is 0.240. The summed E-state index contributed by atoms with van der Waals surface area (Å²) < 4.78 is 20.8. The fraction of sp³-hybridized carbons (Fsp3) is 0.235. The van der Waals surface area contributed by atoms with Gasteiger partial charge in [0.25, 0.3) is 0 Å². The molecule has 0 atom stereocenters. The summed E-state index contributed by atoms with van der Waals surface area (Å²) in [7, 11) is 0. The molecule has 130 valence electrons. The van der Waals surface area contributed by atoms with Crippen molar-refractivity contribution in [3.63, 3.8) is 0 Å². The van der Waals surface area contributed by atoms with E-state index in [1.54, 1.807) is 36.0 Å². The van der Waals surface area contributed by atoms with E-state index in [1.165, 1.54) is 12.4 Å². The molecule has 2 amide bonds. The zero-order chi connectivity index (χ0) is 17.8. The van der Waals surface area contributed by atoms with Crippen LogP contribution in [0.3, 0.4) is 0 Å². The van der Waals surface area contributed by atoms with Crippen LogP contribution in [0.4, 0.5) is 9.18 Å². The molecule has 7 nitrogen and oxygen atoms in total. The van der Waals surface area contributed by atoms with Gasteiger partial charge in [0.2, 0.25) is 0 Å². The van der Waals surface area contributed by atoms with Crippen molar-refractivity contribution in [2.75, 3.05) is 0 Å². The standard InChI is InChI=1S/C17H18FN5O2/c1-11-14(12(2)25-22-11)9-21-17(24)20-8-13-3-4-16(15(18)7-13)23-6-5-19-10-23/h3-7,10H,8-9H2,1-2H3,(H2,20,21,24). The third-order valence-corrected chi connectivity index (χ3v) is 3.85. The molecule has 0 aliphatic carbocycles. The molecule has 8 heteroatoms. The third kappa shape index (κ3) is 3.85. The summed E-state index contributed by atoms with van der Waals surface area (Å²) in [4.78, 5) is 15.8. The predicted molar refractivity (Wildman–Crippen MR) is 88.6 cm³/mol. The summed E-state index contributed by atoms with van der Waals surface area (Å²) >= 11 is 0. The molecule has 2 N–H and O–H groups in total. The second kappa shape index (κ2) is 7.16. The molecule has 0 aliphatic rings. The van der Waals surface area contributed by atoms with Crippen LogP contribution >= 0.6 is 0 Å². The van der Waals surface area contributed by atoms with Gasteiger partial charge in [-0.2, -0.15) is 0 Å². The molecule has 25 heavy (non-hydrogen) atoms. The number of aromatic nitrogens is 3. The van der Waals surface area contributed by atoms with Gasteiger partial charge in [0.05, 0.1) is 17.7 Å². The summed E-state index contributed by atoms with van der Waals surface area (Å²) in [5.74, 6) is 0.295. The number of urea groups is 1. The van der Waals surface area contributed by atoms with Crippen LogP contribution in [-0.4, -0.2) is 20.7 Å². The second-order valence-electron chi connectivity index (χ2n) is 5.59. The topological polar surface area (TPSA) is 85.0 Å². The molecule has 2 heterocycles. The maximum atomic E-state index is 14.2. The SMILES string of the molecule is Cc1noc(C)c1CNC(=O)NCc1ccc(-n2ccnc2)c(F)c1. The zero-order valence-corrected chi connectivity index (χ0v) is 13.9. The number of rotatable bonds is 5. The van der Waals surface area contributed by atoms with E-state index < -0.39 is 0 Å². The summed E-state index contributed by atoms with van der Waals surface area (Å²) in [5, 5.41) is 9.26. The number of nitrogens with zero attached hydrogens (tertiary/aromatic N) is 3.